The lowest BCUT2D eigenvalue weighted by Gasteiger charge is -2.27. The highest BCUT2D eigenvalue weighted by Gasteiger charge is 2.20. The number of piperidine rings is 1. The van der Waals surface area contributed by atoms with Gasteiger partial charge in [0.2, 0.25) is 0 Å². The summed E-state index contributed by atoms with van der Waals surface area (Å²) in [5, 5.41) is 3.06. The van der Waals surface area contributed by atoms with Crippen molar-refractivity contribution in [2.24, 2.45) is 0 Å². The number of fused-ring (bicyclic) bond motifs is 1. The molecule has 0 saturated carbocycles. The Balaban J connectivity index is 1.51. The zero-order chi connectivity index (χ0) is 21.2. The molecule has 0 radical (unpaired) electrons. The second-order valence-electron chi connectivity index (χ2n) is 7.82. The van der Waals surface area contributed by atoms with Gasteiger partial charge in [-0.15, -0.1) is 0 Å². The summed E-state index contributed by atoms with van der Waals surface area (Å²) in [5.41, 5.74) is 3.93. The largest absolute Gasteiger partial charge is 0.357 e. The Morgan fingerprint density at radius 2 is 1.81 bits per heavy atom. The van der Waals surface area contributed by atoms with E-state index >= 15 is 0 Å². The SMILES string of the molecule is Cc1ccccc1-c1nc2ccccn2c1NC(=O)c1cc(N2CCCCC2)ncn1. The third-order valence-electron chi connectivity index (χ3n) is 5.73. The molecule has 31 heavy (non-hydrogen) atoms. The minimum atomic E-state index is -0.277. The maximum atomic E-state index is 13.2. The number of hydrogen-bond acceptors (Lipinski definition) is 5. The molecule has 1 N–H and O–H groups in total. The van der Waals surface area contributed by atoms with Gasteiger partial charge in [0.15, 0.2) is 0 Å². The maximum Gasteiger partial charge on any atom is 0.275 e. The minimum absolute atomic E-state index is 0.277. The molecule has 156 valence electrons. The summed E-state index contributed by atoms with van der Waals surface area (Å²) in [5.74, 6) is 1.16. The summed E-state index contributed by atoms with van der Waals surface area (Å²) >= 11 is 0. The standard InChI is InChI=1S/C24H24N6O/c1-17-9-3-4-10-18(17)22-23(30-14-8-5-11-20(30)27-22)28-24(31)19-15-21(26-16-25-19)29-12-6-2-7-13-29/h3-5,8-11,14-16H,2,6-7,12-13H2,1H3,(H,28,31). The topological polar surface area (TPSA) is 75.4 Å². The van der Waals surface area contributed by atoms with E-state index in [1.807, 2.05) is 60.0 Å². The number of amides is 1. The summed E-state index contributed by atoms with van der Waals surface area (Å²) in [7, 11) is 0. The predicted molar refractivity (Wildman–Crippen MR) is 121 cm³/mol. The first-order valence-corrected chi connectivity index (χ1v) is 10.6. The second-order valence-corrected chi connectivity index (χ2v) is 7.82. The number of aromatic nitrogens is 4. The van der Waals surface area contributed by atoms with E-state index in [2.05, 4.69) is 20.2 Å². The first-order valence-electron chi connectivity index (χ1n) is 10.6. The molecule has 5 rings (SSSR count). The van der Waals surface area contributed by atoms with Gasteiger partial charge in [0.25, 0.3) is 5.91 Å². The Morgan fingerprint density at radius 3 is 2.65 bits per heavy atom. The lowest BCUT2D eigenvalue weighted by atomic mass is 10.1. The highest BCUT2D eigenvalue weighted by Crippen LogP contribution is 2.31. The molecule has 7 heteroatoms. The normalized spacial score (nSPS) is 14.0. The van der Waals surface area contributed by atoms with Gasteiger partial charge >= 0.3 is 0 Å². The smallest absolute Gasteiger partial charge is 0.275 e. The van der Waals surface area contributed by atoms with Crippen LogP contribution in [-0.4, -0.2) is 38.3 Å². The Labute approximate surface area is 180 Å². The van der Waals surface area contributed by atoms with Gasteiger partial charge in [-0.25, -0.2) is 15.0 Å². The molecule has 1 aromatic carbocycles. The molecule has 1 aliphatic rings. The zero-order valence-electron chi connectivity index (χ0n) is 17.5. The lowest BCUT2D eigenvalue weighted by Crippen LogP contribution is -2.30. The van der Waals surface area contributed by atoms with Crippen molar-refractivity contribution in [3.05, 3.63) is 72.3 Å². The molecular weight excluding hydrogens is 388 g/mol. The molecule has 0 bridgehead atoms. The summed E-state index contributed by atoms with van der Waals surface area (Å²) in [6, 6.07) is 15.6. The molecule has 0 aliphatic carbocycles. The van der Waals surface area contributed by atoms with Crippen LogP contribution in [0.4, 0.5) is 11.6 Å². The number of imidazole rings is 1. The van der Waals surface area contributed by atoms with Crippen LogP contribution >= 0.6 is 0 Å². The summed E-state index contributed by atoms with van der Waals surface area (Å²) in [6.45, 7) is 3.96. The summed E-state index contributed by atoms with van der Waals surface area (Å²) < 4.78 is 1.90. The van der Waals surface area contributed by atoms with Gasteiger partial charge in [-0.2, -0.15) is 0 Å². The van der Waals surface area contributed by atoms with Gasteiger partial charge in [-0.1, -0.05) is 30.3 Å². The van der Waals surface area contributed by atoms with Crippen molar-refractivity contribution in [2.75, 3.05) is 23.3 Å². The summed E-state index contributed by atoms with van der Waals surface area (Å²) in [4.78, 5) is 28.8. The van der Waals surface area contributed by atoms with Crippen LogP contribution in [0.25, 0.3) is 16.9 Å². The number of pyridine rings is 1. The number of carbonyl (C=O) groups excluding carboxylic acids is 1. The minimum Gasteiger partial charge on any atom is -0.357 e. The van der Waals surface area contributed by atoms with Gasteiger partial charge in [0.05, 0.1) is 0 Å². The van der Waals surface area contributed by atoms with E-state index in [1.54, 1.807) is 6.07 Å². The Morgan fingerprint density at radius 1 is 1.00 bits per heavy atom. The second kappa shape index (κ2) is 8.18. The average molecular weight is 412 g/mol. The first kappa shape index (κ1) is 19.2. The van der Waals surface area contributed by atoms with Crippen molar-refractivity contribution in [3.63, 3.8) is 0 Å². The molecule has 1 amide bonds. The van der Waals surface area contributed by atoms with E-state index in [0.29, 0.717) is 11.5 Å². The van der Waals surface area contributed by atoms with Crippen molar-refractivity contribution in [1.82, 2.24) is 19.4 Å². The van der Waals surface area contributed by atoms with Crippen molar-refractivity contribution < 1.29 is 4.79 Å². The monoisotopic (exact) mass is 412 g/mol. The lowest BCUT2D eigenvalue weighted by molar-refractivity contribution is 0.102. The third kappa shape index (κ3) is 3.74. The Hall–Kier alpha value is -3.74. The van der Waals surface area contributed by atoms with Crippen LogP contribution in [0.15, 0.2) is 61.1 Å². The average Bonchev–Trinajstić information content (AvgIpc) is 3.18. The van der Waals surface area contributed by atoms with E-state index in [0.717, 1.165) is 54.2 Å². The fraction of sp³-hybridized carbons (Fsp3) is 0.250. The van der Waals surface area contributed by atoms with Gasteiger partial charge in [-0.05, 0) is 43.9 Å². The number of nitrogens with zero attached hydrogens (tertiary/aromatic N) is 5. The fourth-order valence-corrected chi connectivity index (χ4v) is 4.08. The van der Waals surface area contributed by atoms with Crippen LogP contribution in [0.3, 0.4) is 0 Å². The molecule has 0 spiro atoms. The van der Waals surface area contributed by atoms with E-state index in [-0.39, 0.29) is 5.91 Å². The number of aryl methyl sites for hydroxylation is 1. The van der Waals surface area contributed by atoms with Crippen LogP contribution in [0.5, 0.6) is 0 Å². The zero-order valence-corrected chi connectivity index (χ0v) is 17.5. The van der Waals surface area contributed by atoms with E-state index in [4.69, 9.17) is 4.98 Å². The Bertz CT molecular complexity index is 1240. The Kier molecular flexibility index (Phi) is 5.08. The molecule has 0 atom stereocenters. The quantitative estimate of drug-likeness (QED) is 0.540. The molecule has 1 saturated heterocycles. The summed E-state index contributed by atoms with van der Waals surface area (Å²) in [6.07, 6.45) is 6.90. The van der Waals surface area contributed by atoms with Crippen LogP contribution in [0.1, 0.15) is 35.3 Å². The van der Waals surface area contributed by atoms with Gasteiger partial charge in [-0.3, -0.25) is 9.20 Å². The van der Waals surface area contributed by atoms with Gasteiger partial charge in [0, 0.05) is 30.9 Å². The van der Waals surface area contributed by atoms with Gasteiger partial charge in [0.1, 0.15) is 35.0 Å². The number of carbonyl (C=O) groups is 1. The van der Waals surface area contributed by atoms with Crippen molar-refractivity contribution >= 4 is 23.2 Å². The molecule has 0 unspecified atom stereocenters. The number of nitrogens with one attached hydrogen (secondary N) is 1. The molecule has 4 aromatic rings. The number of hydrogen-bond donors (Lipinski definition) is 1. The van der Waals surface area contributed by atoms with Crippen LogP contribution in [0.2, 0.25) is 0 Å². The van der Waals surface area contributed by atoms with E-state index in [9.17, 15) is 4.79 Å². The molecule has 1 fully saturated rings. The highest BCUT2D eigenvalue weighted by atomic mass is 16.2. The van der Waals surface area contributed by atoms with Crippen LogP contribution in [-0.2, 0) is 0 Å². The van der Waals surface area contributed by atoms with Gasteiger partial charge < -0.3 is 10.2 Å². The number of rotatable bonds is 4. The van der Waals surface area contributed by atoms with E-state index in [1.165, 1.54) is 12.7 Å². The molecule has 1 aliphatic heterocycles. The molecule has 3 aromatic heterocycles. The van der Waals surface area contributed by atoms with Crippen molar-refractivity contribution in [2.45, 2.75) is 26.2 Å². The van der Waals surface area contributed by atoms with Crippen molar-refractivity contribution in [1.29, 1.82) is 0 Å². The van der Waals surface area contributed by atoms with E-state index < -0.39 is 0 Å². The third-order valence-corrected chi connectivity index (χ3v) is 5.73. The number of benzene rings is 1. The van der Waals surface area contributed by atoms with Crippen molar-refractivity contribution in [3.8, 4) is 11.3 Å². The predicted octanol–water partition coefficient (Wildman–Crippen LogP) is 4.34. The maximum absolute atomic E-state index is 13.2. The molecule has 7 nitrogen and oxygen atoms in total. The van der Waals surface area contributed by atoms with Crippen LogP contribution < -0.4 is 10.2 Å². The fourth-order valence-electron chi connectivity index (χ4n) is 4.08. The molecular formula is C24H24N6O. The highest BCUT2D eigenvalue weighted by molar-refractivity contribution is 6.05. The van der Waals surface area contributed by atoms with Crippen LogP contribution in [0, 0.1) is 6.92 Å². The molecule has 4 heterocycles. The first-order chi connectivity index (χ1) is 15.2. The number of anilines is 2.